The lowest BCUT2D eigenvalue weighted by Crippen LogP contribution is -2.52. The van der Waals surface area contributed by atoms with E-state index < -0.39 is 11.9 Å². The SMILES string of the molecule is CCC1=CC[C@@H]2[C@H]1C[C@]2(CN)CC(=O)O.CCC1=C[C@@H]2C[C@](CN)(CC(=O)O)[C@@H]2C1. The number of nitrogens with two attached hydrogens (primary N) is 2. The molecule has 2 fully saturated rings. The van der Waals surface area contributed by atoms with Crippen LogP contribution in [0.3, 0.4) is 0 Å². The Balaban J connectivity index is 0.000000171. The van der Waals surface area contributed by atoms with E-state index >= 15 is 0 Å². The highest BCUT2D eigenvalue weighted by molar-refractivity contribution is 5.68. The molecule has 0 radical (unpaired) electrons. The van der Waals surface area contributed by atoms with Crippen LogP contribution in [0.4, 0.5) is 0 Å². The maximum Gasteiger partial charge on any atom is 0.303 e. The summed E-state index contributed by atoms with van der Waals surface area (Å²) >= 11 is 0. The van der Waals surface area contributed by atoms with Crippen molar-refractivity contribution in [1.82, 2.24) is 0 Å². The highest BCUT2D eigenvalue weighted by Crippen LogP contribution is 2.61. The van der Waals surface area contributed by atoms with E-state index in [2.05, 4.69) is 26.0 Å². The van der Waals surface area contributed by atoms with Crippen molar-refractivity contribution >= 4 is 11.9 Å². The Bertz CT molecular complexity index is 723. The molecule has 30 heavy (non-hydrogen) atoms. The number of allylic oxidation sites excluding steroid dienone is 4. The average Bonchev–Trinajstić information content (AvgIpc) is 3.22. The summed E-state index contributed by atoms with van der Waals surface area (Å²) in [5.74, 6) is 0.857. The van der Waals surface area contributed by atoms with Crippen LogP contribution in [0.25, 0.3) is 0 Å². The third kappa shape index (κ3) is 3.96. The smallest absolute Gasteiger partial charge is 0.303 e. The molecule has 168 valence electrons. The van der Waals surface area contributed by atoms with Gasteiger partial charge < -0.3 is 21.7 Å². The number of fused-ring (bicyclic) bond motifs is 2. The summed E-state index contributed by atoms with van der Waals surface area (Å²) < 4.78 is 0. The van der Waals surface area contributed by atoms with Gasteiger partial charge in [0.05, 0.1) is 12.8 Å². The third-order valence-corrected chi connectivity index (χ3v) is 8.57. The summed E-state index contributed by atoms with van der Waals surface area (Å²) in [5.41, 5.74) is 14.3. The van der Waals surface area contributed by atoms with Crippen molar-refractivity contribution in [2.24, 2.45) is 46.0 Å². The van der Waals surface area contributed by atoms with Gasteiger partial charge in [-0.15, -0.1) is 0 Å². The molecule has 0 heterocycles. The van der Waals surface area contributed by atoms with Crippen LogP contribution in [0.1, 0.15) is 65.2 Å². The van der Waals surface area contributed by atoms with Crippen LogP contribution >= 0.6 is 0 Å². The molecule has 6 heteroatoms. The van der Waals surface area contributed by atoms with E-state index in [-0.39, 0.29) is 23.7 Å². The van der Waals surface area contributed by atoms with E-state index in [9.17, 15) is 9.59 Å². The number of hydrogen-bond acceptors (Lipinski definition) is 4. The van der Waals surface area contributed by atoms with Crippen molar-refractivity contribution in [3.63, 3.8) is 0 Å². The summed E-state index contributed by atoms with van der Waals surface area (Å²) in [4.78, 5) is 21.7. The molecular formula is C24H38N2O4. The van der Waals surface area contributed by atoms with Crippen molar-refractivity contribution in [3.05, 3.63) is 23.3 Å². The molecule has 0 aromatic carbocycles. The number of hydrogen-bond donors (Lipinski definition) is 4. The molecule has 6 N–H and O–H groups in total. The fraction of sp³-hybridized carbons (Fsp3) is 0.750. The van der Waals surface area contributed by atoms with Crippen molar-refractivity contribution in [3.8, 4) is 0 Å². The molecule has 0 spiro atoms. The van der Waals surface area contributed by atoms with Crippen molar-refractivity contribution < 1.29 is 19.8 Å². The third-order valence-electron chi connectivity index (χ3n) is 8.57. The second kappa shape index (κ2) is 8.83. The van der Waals surface area contributed by atoms with E-state index in [0.29, 0.717) is 36.8 Å². The Labute approximate surface area is 179 Å². The van der Waals surface area contributed by atoms with Crippen molar-refractivity contribution in [2.45, 2.75) is 65.2 Å². The highest BCUT2D eigenvalue weighted by Gasteiger charge is 2.56. The molecule has 2 saturated carbocycles. The summed E-state index contributed by atoms with van der Waals surface area (Å²) in [6.07, 6.45) is 11.4. The summed E-state index contributed by atoms with van der Waals surface area (Å²) in [7, 11) is 0. The monoisotopic (exact) mass is 418 g/mol. The number of carbonyl (C=O) groups is 2. The molecule has 0 bridgehead atoms. The Morgan fingerprint density at radius 1 is 1.00 bits per heavy atom. The van der Waals surface area contributed by atoms with Gasteiger partial charge in [-0.05, 0) is 86.1 Å². The molecule has 4 rings (SSSR count). The van der Waals surface area contributed by atoms with Crippen LogP contribution in [0.15, 0.2) is 23.3 Å². The van der Waals surface area contributed by atoms with Gasteiger partial charge in [-0.2, -0.15) is 0 Å². The van der Waals surface area contributed by atoms with Crippen molar-refractivity contribution in [1.29, 1.82) is 0 Å². The molecule has 0 aromatic heterocycles. The maximum atomic E-state index is 10.8. The molecule has 4 aliphatic rings. The van der Waals surface area contributed by atoms with Gasteiger partial charge >= 0.3 is 11.9 Å². The molecule has 4 aliphatic carbocycles. The van der Waals surface area contributed by atoms with Crippen molar-refractivity contribution in [2.75, 3.05) is 13.1 Å². The van der Waals surface area contributed by atoms with Crippen LogP contribution < -0.4 is 11.5 Å². The number of rotatable bonds is 8. The number of carboxylic acid groups (broad SMARTS) is 2. The van der Waals surface area contributed by atoms with Gasteiger partial charge in [0, 0.05) is 0 Å². The largest absolute Gasteiger partial charge is 0.481 e. The maximum absolute atomic E-state index is 10.8. The first-order valence-corrected chi connectivity index (χ1v) is 11.5. The van der Waals surface area contributed by atoms with E-state index in [0.717, 1.165) is 38.5 Å². The standard InChI is InChI=1S/2C12H19NO2/c1-2-8-3-9-5-12(7-13,6-11(14)15)10(9)4-8;1-2-8-3-4-10-9(8)5-12(10,7-13)6-11(14)15/h2*3,9-10H,2,4-7,13H2,1H3,(H,14,15)/t9-,10-,12-;9-,10+,12+/m10/s1. The van der Waals surface area contributed by atoms with Crippen LogP contribution in [-0.2, 0) is 9.59 Å². The molecule has 0 amide bonds. The fourth-order valence-electron chi connectivity index (χ4n) is 6.78. The molecule has 0 saturated heterocycles. The Morgan fingerprint density at radius 3 is 2.10 bits per heavy atom. The first-order valence-electron chi connectivity index (χ1n) is 11.5. The van der Waals surface area contributed by atoms with Gasteiger partial charge in [0.1, 0.15) is 0 Å². The minimum atomic E-state index is -0.705. The van der Waals surface area contributed by atoms with Crippen LogP contribution in [0.2, 0.25) is 0 Å². The second-order valence-corrected chi connectivity index (χ2v) is 9.92. The first-order chi connectivity index (χ1) is 14.2. The Kier molecular flexibility index (Phi) is 6.78. The van der Waals surface area contributed by atoms with Gasteiger partial charge in [-0.3, -0.25) is 9.59 Å². The lowest BCUT2D eigenvalue weighted by molar-refractivity contribution is -0.145. The quantitative estimate of drug-likeness (QED) is 0.446. The van der Waals surface area contributed by atoms with Gasteiger partial charge in [-0.1, -0.05) is 37.1 Å². The lowest BCUT2D eigenvalue weighted by atomic mass is 9.52. The van der Waals surface area contributed by atoms with Crippen LogP contribution in [-0.4, -0.2) is 35.2 Å². The first kappa shape index (κ1) is 23.0. The van der Waals surface area contributed by atoms with E-state index in [1.807, 2.05) is 0 Å². The zero-order chi connectivity index (χ0) is 22.1. The second-order valence-electron chi connectivity index (χ2n) is 9.92. The summed E-state index contributed by atoms with van der Waals surface area (Å²) in [5, 5.41) is 17.8. The summed E-state index contributed by atoms with van der Waals surface area (Å²) in [6, 6.07) is 0. The van der Waals surface area contributed by atoms with Crippen LogP contribution in [0.5, 0.6) is 0 Å². The molecule has 6 atom stereocenters. The van der Waals surface area contributed by atoms with E-state index in [4.69, 9.17) is 21.7 Å². The lowest BCUT2D eigenvalue weighted by Gasteiger charge is -2.52. The van der Waals surface area contributed by atoms with Gasteiger partial charge in [0.25, 0.3) is 0 Å². The minimum Gasteiger partial charge on any atom is -0.481 e. The van der Waals surface area contributed by atoms with Gasteiger partial charge in [0.2, 0.25) is 0 Å². The Morgan fingerprint density at radius 2 is 1.60 bits per heavy atom. The normalized spacial score (nSPS) is 38.1. The predicted molar refractivity (Wildman–Crippen MR) is 117 cm³/mol. The molecule has 6 nitrogen and oxygen atoms in total. The summed E-state index contributed by atoms with van der Waals surface area (Å²) in [6.45, 7) is 5.38. The minimum absolute atomic E-state index is 0.107. The van der Waals surface area contributed by atoms with Gasteiger partial charge in [0.15, 0.2) is 0 Å². The molecule has 0 aliphatic heterocycles. The molecule has 0 unspecified atom stereocenters. The number of aliphatic carboxylic acids is 2. The number of carboxylic acids is 2. The van der Waals surface area contributed by atoms with E-state index in [1.54, 1.807) is 0 Å². The van der Waals surface area contributed by atoms with Crippen LogP contribution in [0, 0.1) is 34.5 Å². The van der Waals surface area contributed by atoms with E-state index in [1.165, 1.54) is 11.1 Å². The fourth-order valence-corrected chi connectivity index (χ4v) is 6.78. The highest BCUT2D eigenvalue weighted by atomic mass is 16.4. The predicted octanol–water partition coefficient (Wildman–Crippen LogP) is 3.56. The zero-order valence-corrected chi connectivity index (χ0v) is 18.4. The Hall–Kier alpha value is -1.66. The molecular weight excluding hydrogens is 380 g/mol. The topological polar surface area (TPSA) is 127 Å². The van der Waals surface area contributed by atoms with Gasteiger partial charge in [-0.25, -0.2) is 0 Å². The molecule has 0 aromatic rings. The average molecular weight is 419 g/mol. The zero-order valence-electron chi connectivity index (χ0n) is 18.4.